The standard InChI is InChI=1S/C7H7N.C4H6O2/c1-2-7-5-3-4-6-8-7;1-3(2)4(5)6/h2-6H,1H2;1H2,2H3,(H,5,6)/i;1D. The van der Waals surface area contributed by atoms with E-state index in [2.05, 4.69) is 11.6 Å². The van der Waals surface area contributed by atoms with Crippen LogP contribution in [0, 0.1) is 0 Å². The lowest BCUT2D eigenvalue weighted by Gasteiger charge is -1.84. The Kier molecular flexibility index (Phi) is 4.80. The minimum Gasteiger partial charge on any atom is -0.478 e. The van der Waals surface area contributed by atoms with Crippen LogP contribution < -0.4 is 0 Å². The number of rotatable bonds is 2. The van der Waals surface area contributed by atoms with Crippen LogP contribution in [0.2, 0.25) is 0 Å². The van der Waals surface area contributed by atoms with Gasteiger partial charge >= 0.3 is 5.97 Å². The fraction of sp³-hybridized carbons (Fsp3) is 0.0909. The molecular formula is C11H13NO2. The molecule has 0 saturated heterocycles. The Bertz CT molecular complexity index is 347. The number of aromatic nitrogens is 1. The summed E-state index contributed by atoms with van der Waals surface area (Å²) in [6.45, 7) is 5.75. The normalized spacial score (nSPS) is 10.6. The number of carbonyl (C=O) groups is 1. The highest BCUT2D eigenvalue weighted by molar-refractivity contribution is 5.84. The quantitative estimate of drug-likeness (QED) is 0.732. The summed E-state index contributed by atoms with van der Waals surface area (Å²) in [6.07, 6.45) is 3.47. The maximum Gasteiger partial charge on any atom is 0.330 e. The van der Waals surface area contributed by atoms with E-state index in [9.17, 15) is 4.79 Å². The Balaban J connectivity index is 0.000000265. The molecule has 1 aromatic rings. The van der Waals surface area contributed by atoms with Crippen molar-refractivity contribution in [3.05, 3.63) is 48.8 Å². The van der Waals surface area contributed by atoms with Gasteiger partial charge in [-0.05, 0) is 25.1 Å². The first-order chi connectivity index (χ1) is 7.11. The summed E-state index contributed by atoms with van der Waals surface area (Å²) < 4.78 is 6.40. The van der Waals surface area contributed by atoms with Crippen molar-refractivity contribution in [1.82, 2.24) is 4.98 Å². The van der Waals surface area contributed by atoms with Crippen LogP contribution in [0.15, 0.2) is 43.1 Å². The second kappa shape index (κ2) is 6.60. The fourth-order valence-corrected chi connectivity index (χ4v) is 0.497. The molecule has 1 rings (SSSR count). The minimum atomic E-state index is -1.03. The summed E-state index contributed by atoms with van der Waals surface area (Å²) in [7, 11) is 0. The van der Waals surface area contributed by atoms with Crippen LogP contribution in [-0.2, 0) is 4.79 Å². The number of hydrogen-bond donors (Lipinski definition) is 1. The summed E-state index contributed by atoms with van der Waals surface area (Å²) in [5, 5.41) is 7.99. The third kappa shape index (κ3) is 5.71. The molecule has 14 heavy (non-hydrogen) atoms. The van der Waals surface area contributed by atoms with E-state index in [0.29, 0.717) is 0 Å². The largest absolute Gasteiger partial charge is 0.478 e. The predicted octanol–water partition coefficient (Wildman–Crippen LogP) is 2.37. The first kappa shape index (κ1) is 10.2. The smallest absolute Gasteiger partial charge is 0.330 e. The summed E-state index contributed by atoms with van der Waals surface area (Å²) in [4.78, 5) is 13.7. The van der Waals surface area contributed by atoms with Crippen LogP contribution in [0.25, 0.3) is 6.08 Å². The highest BCUT2D eigenvalue weighted by Gasteiger charge is 1.90. The van der Waals surface area contributed by atoms with Crippen molar-refractivity contribution in [2.75, 3.05) is 0 Å². The first-order valence-corrected chi connectivity index (χ1v) is 3.93. The van der Waals surface area contributed by atoms with Gasteiger partial charge in [0.25, 0.3) is 0 Å². The topological polar surface area (TPSA) is 50.2 Å². The van der Waals surface area contributed by atoms with Gasteiger partial charge in [-0.15, -0.1) is 0 Å². The number of hydrogen-bond acceptors (Lipinski definition) is 2. The Hall–Kier alpha value is -1.90. The molecule has 0 radical (unpaired) electrons. The lowest BCUT2D eigenvalue weighted by atomic mass is 10.4. The molecule has 1 aromatic heterocycles. The van der Waals surface area contributed by atoms with Crippen LogP contribution in [0.4, 0.5) is 0 Å². The SMILES string of the molecule is C=Cc1ccccn1.[2H]C=C(C)C(=O)O. The van der Waals surface area contributed by atoms with E-state index in [1.54, 1.807) is 12.3 Å². The zero-order valence-electron chi connectivity index (χ0n) is 8.97. The number of nitrogens with zero attached hydrogens (tertiary/aromatic N) is 1. The molecule has 0 aliphatic heterocycles. The van der Waals surface area contributed by atoms with Gasteiger partial charge in [0, 0.05) is 11.8 Å². The lowest BCUT2D eigenvalue weighted by molar-refractivity contribution is -0.132. The highest BCUT2D eigenvalue weighted by atomic mass is 16.4. The minimum absolute atomic E-state index is 0.0556. The highest BCUT2D eigenvalue weighted by Crippen LogP contribution is 1.91. The average molecular weight is 192 g/mol. The van der Waals surface area contributed by atoms with E-state index in [0.717, 1.165) is 12.2 Å². The second-order valence-corrected chi connectivity index (χ2v) is 2.45. The molecule has 0 saturated carbocycles. The zero-order chi connectivity index (χ0) is 11.7. The molecular weight excluding hydrogens is 178 g/mol. The first-order valence-electron chi connectivity index (χ1n) is 4.51. The Morgan fingerprint density at radius 3 is 2.64 bits per heavy atom. The predicted molar refractivity (Wildman–Crippen MR) is 56.8 cm³/mol. The van der Waals surface area contributed by atoms with Crippen molar-refractivity contribution in [2.45, 2.75) is 6.92 Å². The van der Waals surface area contributed by atoms with Crippen LogP contribution >= 0.6 is 0 Å². The molecule has 3 nitrogen and oxygen atoms in total. The molecule has 0 unspecified atom stereocenters. The average Bonchev–Trinajstić information content (AvgIpc) is 2.29. The van der Waals surface area contributed by atoms with E-state index >= 15 is 0 Å². The molecule has 0 aliphatic carbocycles. The van der Waals surface area contributed by atoms with Gasteiger partial charge in [0.15, 0.2) is 0 Å². The van der Waals surface area contributed by atoms with E-state index in [1.165, 1.54) is 6.92 Å². The van der Waals surface area contributed by atoms with Gasteiger partial charge < -0.3 is 5.11 Å². The molecule has 0 bridgehead atoms. The maximum absolute atomic E-state index is 9.74. The summed E-state index contributed by atoms with van der Waals surface area (Å²) >= 11 is 0. The van der Waals surface area contributed by atoms with Crippen molar-refractivity contribution >= 4 is 12.0 Å². The van der Waals surface area contributed by atoms with Crippen molar-refractivity contribution in [3.8, 4) is 0 Å². The van der Waals surface area contributed by atoms with Crippen LogP contribution in [0.5, 0.6) is 0 Å². The molecule has 1 heterocycles. The molecule has 3 heteroatoms. The Morgan fingerprint density at radius 2 is 2.43 bits per heavy atom. The van der Waals surface area contributed by atoms with Crippen molar-refractivity contribution in [3.63, 3.8) is 0 Å². The number of aliphatic carboxylic acids is 1. The van der Waals surface area contributed by atoms with Gasteiger partial charge in [0.2, 0.25) is 0 Å². The number of pyridine rings is 1. The maximum atomic E-state index is 9.74. The van der Waals surface area contributed by atoms with E-state index < -0.39 is 5.97 Å². The summed E-state index contributed by atoms with van der Waals surface area (Å²) in [5.41, 5.74) is 0.979. The molecule has 74 valence electrons. The van der Waals surface area contributed by atoms with Gasteiger partial charge in [-0.25, -0.2) is 4.79 Å². The van der Waals surface area contributed by atoms with Gasteiger partial charge in [0.05, 0.1) is 7.06 Å². The van der Waals surface area contributed by atoms with Gasteiger partial charge in [-0.3, -0.25) is 4.98 Å². The van der Waals surface area contributed by atoms with E-state index in [-0.39, 0.29) is 5.57 Å². The molecule has 0 fully saturated rings. The van der Waals surface area contributed by atoms with Crippen molar-refractivity contribution in [2.24, 2.45) is 0 Å². The van der Waals surface area contributed by atoms with Gasteiger partial charge in [-0.1, -0.05) is 19.2 Å². The van der Waals surface area contributed by atoms with Crippen molar-refractivity contribution < 1.29 is 11.3 Å². The summed E-state index contributed by atoms with van der Waals surface area (Å²) in [6, 6.07) is 5.73. The number of carboxylic acid groups (broad SMARTS) is 1. The van der Waals surface area contributed by atoms with E-state index in [4.69, 9.17) is 6.48 Å². The molecule has 0 aliphatic rings. The molecule has 1 N–H and O–H groups in total. The Labute approximate surface area is 84.8 Å². The lowest BCUT2D eigenvalue weighted by Crippen LogP contribution is -1.92. The Morgan fingerprint density at radius 1 is 1.71 bits per heavy atom. The van der Waals surface area contributed by atoms with Crippen LogP contribution in [0.3, 0.4) is 0 Å². The third-order valence-corrected chi connectivity index (χ3v) is 1.23. The molecule has 0 atom stereocenters. The molecule has 0 amide bonds. The second-order valence-electron chi connectivity index (χ2n) is 2.45. The monoisotopic (exact) mass is 192 g/mol. The van der Waals surface area contributed by atoms with Crippen molar-refractivity contribution in [1.29, 1.82) is 0 Å². The van der Waals surface area contributed by atoms with E-state index in [1.807, 2.05) is 18.2 Å². The fourth-order valence-electron chi connectivity index (χ4n) is 0.497. The summed E-state index contributed by atoms with van der Waals surface area (Å²) in [5.74, 6) is -1.03. The molecule has 0 aromatic carbocycles. The zero-order valence-corrected chi connectivity index (χ0v) is 7.97. The van der Waals surface area contributed by atoms with Gasteiger partial charge in [0.1, 0.15) is 0 Å². The number of carboxylic acids is 1. The van der Waals surface area contributed by atoms with Gasteiger partial charge in [-0.2, -0.15) is 0 Å². The molecule has 0 spiro atoms. The van der Waals surface area contributed by atoms with Crippen LogP contribution in [0.1, 0.15) is 14.0 Å². The van der Waals surface area contributed by atoms with Crippen LogP contribution in [-0.4, -0.2) is 16.1 Å². The third-order valence-electron chi connectivity index (χ3n) is 1.23.